The Kier molecular flexibility index (Phi) is 6.39. The van der Waals surface area contributed by atoms with Crippen molar-refractivity contribution in [2.45, 2.75) is 50.8 Å². The number of carbonyl (C=O) groups is 1. The highest BCUT2D eigenvalue weighted by Gasteiger charge is 2.40. The second-order valence-electron chi connectivity index (χ2n) is 8.42. The number of amides is 1. The normalized spacial score (nSPS) is 24.3. The van der Waals surface area contributed by atoms with E-state index >= 15 is 0 Å². The number of nitrogens with zero attached hydrogens (tertiary/aromatic N) is 4. The van der Waals surface area contributed by atoms with Crippen LogP contribution in [0.5, 0.6) is 5.75 Å². The number of carbonyl (C=O) groups excluding carboxylic acids is 1. The van der Waals surface area contributed by atoms with E-state index in [1.807, 2.05) is 42.0 Å². The van der Waals surface area contributed by atoms with Crippen LogP contribution in [0, 0.1) is 6.92 Å². The minimum atomic E-state index is -0.611. The summed E-state index contributed by atoms with van der Waals surface area (Å²) < 4.78 is 7.84. The average molecular weight is 413 g/mol. The number of benzene rings is 1. The second kappa shape index (κ2) is 9.18. The molecule has 30 heavy (non-hydrogen) atoms. The van der Waals surface area contributed by atoms with E-state index in [2.05, 4.69) is 9.88 Å². The van der Waals surface area contributed by atoms with Crippen molar-refractivity contribution in [2.75, 3.05) is 33.3 Å². The first kappa shape index (κ1) is 20.9. The van der Waals surface area contributed by atoms with Gasteiger partial charge in [0.05, 0.1) is 18.2 Å². The van der Waals surface area contributed by atoms with E-state index in [0.717, 1.165) is 44.0 Å². The van der Waals surface area contributed by atoms with Crippen molar-refractivity contribution in [2.24, 2.45) is 0 Å². The number of aliphatic hydroxyl groups excluding tert-OH is 1. The van der Waals surface area contributed by atoms with Crippen molar-refractivity contribution in [1.82, 2.24) is 19.4 Å². The molecule has 1 aliphatic heterocycles. The molecule has 0 spiro atoms. The number of likely N-dealkylation sites (N-methyl/N-ethyl adjacent to an activating group) is 1. The minimum absolute atomic E-state index is 0.0425. The minimum Gasteiger partial charge on any atom is -0.492 e. The Morgan fingerprint density at radius 3 is 2.63 bits per heavy atom. The van der Waals surface area contributed by atoms with Gasteiger partial charge in [0.25, 0.3) is 5.91 Å². The highest BCUT2D eigenvalue weighted by atomic mass is 16.5. The lowest BCUT2D eigenvalue weighted by atomic mass is 10.1. The quantitative estimate of drug-likeness (QED) is 0.757. The molecular weight excluding hydrogens is 380 g/mol. The van der Waals surface area contributed by atoms with Gasteiger partial charge in [0.2, 0.25) is 0 Å². The summed E-state index contributed by atoms with van der Waals surface area (Å²) in [7, 11) is 1.78. The third kappa shape index (κ3) is 4.37. The Bertz CT molecular complexity index is 844. The molecule has 1 aliphatic carbocycles. The molecule has 4 rings (SSSR count). The molecule has 1 aromatic carbocycles. The SMILES string of the molecule is Cc1nccn1[C@@H]1CC[C@@H](N(C)C(=O)c2ccc(OCCN3CCCC3)cc2)[C@H]1O. The van der Waals surface area contributed by atoms with Crippen LogP contribution in [0.2, 0.25) is 0 Å². The zero-order valence-corrected chi connectivity index (χ0v) is 17.9. The molecular formula is C23H32N4O3. The first-order valence-electron chi connectivity index (χ1n) is 10.9. The highest BCUT2D eigenvalue weighted by Crippen LogP contribution is 2.34. The number of ether oxygens (including phenoxy) is 1. The van der Waals surface area contributed by atoms with Crippen LogP contribution in [0.15, 0.2) is 36.7 Å². The summed E-state index contributed by atoms with van der Waals surface area (Å²) in [6.07, 6.45) is 7.19. The van der Waals surface area contributed by atoms with Crippen molar-refractivity contribution >= 4 is 5.91 Å². The van der Waals surface area contributed by atoms with Gasteiger partial charge in [-0.3, -0.25) is 9.69 Å². The second-order valence-corrected chi connectivity index (χ2v) is 8.42. The van der Waals surface area contributed by atoms with Gasteiger partial charge in [0.15, 0.2) is 0 Å². The third-order valence-electron chi connectivity index (χ3n) is 6.56. The average Bonchev–Trinajstić information content (AvgIpc) is 3.49. The van der Waals surface area contributed by atoms with E-state index in [0.29, 0.717) is 12.2 Å². The summed E-state index contributed by atoms with van der Waals surface area (Å²) in [5.74, 6) is 1.59. The van der Waals surface area contributed by atoms with E-state index in [1.165, 1.54) is 12.8 Å². The molecule has 7 heteroatoms. The number of aryl methyl sites for hydroxylation is 1. The number of hydrogen-bond donors (Lipinski definition) is 1. The summed E-state index contributed by atoms with van der Waals surface area (Å²) in [6, 6.07) is 7.08. The molecule has 2 aromatic rings. The fourth-order valence-corrected chi connectivity index (χ4v) is 4.75. The zero-order valence-electron chi connectivity index (χ0n) is 17.9. The predicted molar refractivity (Wildman–Crippen MR) is 115 cm³/mol. The molecule has 1 amide bonds. The topological polar surface area (TPSA) is 70.8 Å². The zero-order chi connectivity index (χ0) is 21.1. The monoisotopic (exact) mass is 412 g/mol. The van der Waals surface area contributed by atoms with Gasteiger partial charge in [0.1, 0.15) is 18.2 Å². The van der Waals surface area contributed by atoms with Crippen LogP contribution in [0.1, 0.15) is 47.9 Å². The van der Waals surface area contributed by atoms with Crippen molar-refractivity contribution in [3.05, 3.63) is 48.0 Å². The molecule has 1 N–H and O–H groups in total. The van der Waals surface area contributed by atoms with Crippen LogP contribution >= 0.6 is 0 Å². The number of aromatic nitrogens is 2. The van der Waals surface area contributed by atoms with Gasteiger partial charge in [-0.15, -0.1) is 0 Å². The largest absolute Gasteiger partial charge is 0.492 e. The third-order valence-corrected chi connectivity index (χ3v) is 6.56. The van der Waals surface area contributed by atoms with Gasteiger partial charge in [-0.2, -0.15) is 0 Å². The summed E-state index contributed by atoms with van der Waals surface area (Å²) in [5, 5.41) is 10.9. The standard InChI is InChI=1S/C23H32N4O3/c1-17-24-11-14-27(17)21-10-9-20(22(21)28)25(2)23(29)18-5-7-19(8-6-18)30-16-15-26-12-3-4-13-26/h5-8,11,14,20-22,28H,3-4,9-10,12-13,15-16H2,1-2H3/t20-,21-,22-/m1/s1. The lowest BCUT2D eigenvalue weighted by molar-refractivity contribution is 0.0441. The Hall–Kier alpha value is -2.38. The van der Waals surface area contributed by atoms with Crippen LogP contribution in [0.4, 0.5) is 0 Å². The van der Waals surface area contributed by atoms with Crippen LogP contribution in [0.3, 0.4) is 0 Å². The lowest BCUT2D eigenvalue weighted by Gasteiger charge is -2.29. The van der Waals surface area contributed by atoms with Crippen molar-refractivity contribution < 1.29 is 14.6 Å². The van der Waals surface area contributed by atoms with E-state index in [1.54, 1.807) is 18.1 Å². The molecule has 162 valence electrons. The van der Waals surface area contributed by atoms with Crippen LogP contribution in [0.25, 0.3) is 0 Å². The smallest absolute Gasteiger partial charge is 0.253 e. The summed E-state index contributed by atoms with van der Waals surface area (Å²) in [5.41, 5.74) is 0.610. The summed E-state index contributed by atoms with van der Waals surface area (Å²) in [6.45, 7) is 5.87. The van der Waals surface area contributed by atoms with Gasteiger partial charge in [-0.1, -0.05) is 0 Å². The molecule has 2 fully saturated rings. The number of likely N-dealkylation sites (tertiary alicyclic amines) is 1. The van der Waals surface area contributed by atoms with E-state index in [-0.39, 0.29) is 18.0 Å². The molecule has 7 nitrogen and oxygen atoms in total. The Labute approximate surface area is 178 Å². The van der Waals surface area contributed by atoms with E-state index < -0.39 is 6.10 Å². The van der Waals surface area contributed by atoms with E-state index in [4.69, 9.17) is 4.74 Å². The molecule has 0 unspecified atom stereocenters. The van der Waals surface area contributed by atoms with Gasteiger partial charge in [-0.05, 0) is 70.0 Å². The van der Waals surface area contributed by atoms with Crippen molar-refractivity contribution in [3.63, 3.8) is 0 Å². The first-order valence-corrected chi connectivity index (χ1v) is 10.9. The Balaban J connectivity index is 1.32. The Morgan fingerprint density at radius 1 is 1.23 bits per heavy atom. The summed E-state index contributed by atoms with van der Waals surface area (Å²) in [4.78, 5) is 21.3. The molecule has 2 heterocycles. The molecule has 1 saturated carbocycles. The molecule has 2 aliphatic rings. The number of aliphatic hydroxyl groups is 1. The maximum Gasteiger partial charge on any atom is 0.253 e. The molecule has 1 aromatic heterocycles. The fourth-order valence-electron chi connectivity index (χ4n) is 4.75. The maximum atomic E-state index is 13.0. The van der Waals surface area contributed by atoms with Gasteiger partial charge < -0.3 is 19.3 Å². The summed E-state index contributed by atoms with van der Waals surface area (Å²) >= 11 is 0. The lowest BCUT2D eigenvalue weighted by Crippen LogP contribution is -2.43. The Morgan fingerprint density at radius 2 is 1.97 bits per heavy atom. The van der Waals surface area contributed by atoms with E-state index in [9.17, 15) is 9.90 Å². The maximum absolute atomic E-state index is 13.0. The van der Waals surface area contributed by atoms with Crippen LogP contribution in [-0.2, 0) is 0 Å². The van der Waals surface area contributed by atoms with Gasteiger partial charge >= 0.3 is 0 Å². The fraction of sp³-hybridized carbons (Fsp3) is 0.565. The van der Waals surface area contributed by atoms with Gasteiger partial charge in [-0.25, -0.2) is 4.98 Å². The highest BCUT2D eigenvalue weighted by molar-refractivity contribution is 5.94. The van der Waals surface area contributed by atoms with Crippen molar-refractivity contribution in [3.8, 4) is 5.75 Å². The van der Waals surface area contributed by atoms with Crippen LogP contribution in [-0.4, -0.2) is 75.8 Å². The van der Waals surface area contributed by atoms with Gasteiger partial charge in [0, 0.05) is 31.5 Å². The molecule has 0 bridgehead atoms. The molecule has 3 atom stereocenters. The number of rotatable bonds is 7. The number of imidazole rings is 1. The molecule has 1 saturated heterocycles. The predicted octanol–water partition coefficient (Wildman–Crippen LogP) is 2.50. The van der Waals surface area contributed by atoms with Crippen molar-refractivity contribution in [1.29, 1.82) is 0 Å². The number of hydrogen-bond acceptors (Lipinski definition) is 5. The first-order chi connectivity index (χ1) is 14.5. The van der Waals surface area contributed by atoms with Crippen LogP contribution < -0.4 is 4.74 Å². The molecule has 0 radical (unpaired) electrons.